The molecule has 0 aliphatic carbocycles. The van der Waals surface area contributed by atoms with Crippen molar-refractivity contribution in [3.05, 3.63) is 76.2 Å². The number of halogens is 3. The van der Waals surface area contributed by atoms with Gasteiger partial charge in [0, 0.05) is 11.9 Å². The number of amides is 1. The number of fused-ring (bicyclic) bond motifs is 1. The van der Waals surface area contributed by atoms with Crippen molar-refractivity contribution >= 4 is 16.7 Å². The third-order valence-corrected chi connectivity index (χ3v) is 3.80. The fraction of sp³-hybridized carbons (Fsp3) is 0.167. The third kappa shape index (κ3) is 3.90. The highest BCUT2D eigenvalue weighted by atomic mass is 19.4. The van der Waals surface area contributed by atoms with Gasteiger partial charge in [-0.2, -0.15) is 18.3 Å². The van der Waals surface area contributed by atoms with Gasteiger partial charge >= 0.3 is 6.18 Å². The summed E-state index contributed by atoms with van der Waals surface area (Å²) in [5.74, 6) is -0.521. The van der Waals surface area contributed by atoms with E-state index in [0.717, 1.165) is 16.8 Å². The Kier molecular flexibility index (Phi) is 4.75. The predicted octanol–water partition coefficient (Wildman–Crippen LogP) is 2.73. The molecule has 3 aromatic rings. The smallest absolute Gasteiger partial charge is 0.350 e. The Hall–Kier alpha value is -3.16. The summed E-state index contributed by atoms with van der Waals surface area (Å²) in [4.78, 5) is 24.3. The number of alkyl halides is 3. The molecule has 26 heavy (non-hydrogen) atoms. The Morgan fingerprint density at radius 2 is 1.88 bits per heavy atom. The average Bonchev–Trinajstić information content (AvgIpc) is 2.62. The van der Waals surface area contributed by atoms with Crippen LogP contribution in [0.15, 0.2) is 59.5 Å². The van der Waals surface area contributed by atoms with Crippen LogP contribution in [0.1, 0.15) is 11.1 Å². The molecule has 0 bridgehead atoms. The van der Waals surface area contributed by atoms with Crippen LogP contribution in [0, 0.1) is 0 Å². The van der Waals surface area contributed by atoms with E-state index in [1.165, 1.54) is 18.3 Å². The fourth-order valence-corrected chi connectivity index (χ4v) is 2.49. The average molecular weight is 361 g/mol. The van der Waals surface area contributed by atoms with Gasteiger partial charge in [0.05, 0.1) is 17.1 Å². The van der Waals surface area contributed by atoms with Crippen molar-refractivity contribution in [1.82, 2.24) is 15.1 Å². The van der Waals surface area contributed by atoms with E-state index in [4.69, 9.17) is 0 Å². The van der Waals surface area contributed by atoms with Gasteiger partial charge in [-0.15, -0.1) is 0 Å². The summed E-state index contributed by atoms with van der Waals surface area (Å²) >= 11 is 0. The lowest BCUT2D eigenvalue weighted by Gasteiger charge is -2.10. The van der Waals surface area contributed by atoms with E-state index >= 15 is 0 Å². The normalized spacial score (nSPS) is 11.5. The molecule has 134 valence electrons. The molecule has 8 heteroatoms. The van der Waals surface area contributed by atoms with Gasteiger partial charge in [0.1, 0.15) is 6.54 Å². The van der Waals surface area contributed by atoms with Crippen LogP contribution in [-0.4, -0.2) is 15.7 Å². The zero-order valence-electron chi connectivity index (χ0n) is 13.5. The first-order valence-corrected chi connectivity index (χ1v) is 7.72. The van der Waals surface area contributed by atoms with Crippen LogP contribution in [-0.2, 0) is 24.1 Å². The molecule has 1 N–H and O–H groups in total. The lowest BCUT2D eigenvalue weighted by Crippen LogP contribution is -2.33. The first kappa shape index (κ1) is 17.7. The van der Waals surface area contributed by atoms with Crippen LogP contribution in [0.2, 0.25) is 0 Å². The van der Waals surface area contributed by atoms with Crippen molar-refractivity contribution in [3.63, 3.8) is 0 Å². The SMILES string of the molecule is O=C(Cn1ncc2ccccc2c1=O)NCc1cccc(C(F)(F)F)c1. The summed E-state index contributed by atoms with van der Waals surface area (Å²) in [6.45, 7) is -0.395. The van der Waals surface area contributed by atoms with Gasteiger partial charge in [0.2, 0.25) is 5.91 Å². The zero-order valence-corrected chi connectivity index (χ0v) is 13.5. The highest BCUT2D eigenvalue weighted by Crippen LogP contribution is 2.29. The molecule has 0 saturated carbocycles. The summed E-state index contributed by atoms with van der Waals surface area (Å²) in [7, 11) is 0. The van der Waals surface area contributed by atoms with Crippen LogP contribution < -0.4 is 10.9 Å². The summed E-state index contributed by atoms with van der Waals surface area (Å²) in [5, 5.41) is 7.54. The number of hydrogen-bond donors (Lipinski definition) is 1. The van der Waals surface area contributed by atoms with Gasteiger partial charge < -0.3 is 5.32 Å². The van der Waals surface area contributed by atoms with Crippen LogP contribution in [0.4, 0.5) is 13.2 Å². The molecule has 0 atom stereocenters. The molecule has 1 aromatic heterocycles. The number of carbonyl (C=O) groups is 1. The summed E-state index contributed by atoms with van der Waals surface area (Å²) in [5.41, 5.74) is -0.874. The quantitative estimate of drug-likeness (QED) is 0.777. The van der Waals surface area contributed by atoms with E-state index in [0.29, 0.717) is 16.3 Å². The topological polar surface area (TPSA) is 64.0 Å². The van der Waals surface area contributed by atoms with Crippen molar-refractivity contribution in [2.24, 2.45) is 0 Å². The Morgan fingerprint density at radius 3 is 2.65 bits per heavy atom. The van der Waals surface area contributed by atoms with E-state index in [1.807, 2.05) is 0 Å². The standard InChI is InChI=1S/C18H14F3N3O2/c19-18(20,21)14-6-3-4-12(8-14)9-22-16(25)11-24-17(26)15-7-2-1-5-13(15)10-23-24/h1-8,10H,9,11H2,(H,22,25). The predicted molar refractivity (Wildman–Crippen MR) is 89.3 cm³/mol. The highest BCUT2D eigenvalue weighted by Gasteiger charge is 2.30. The molecule has 0 unspecified atom stereocenters. The van der Waals surface area contributed by atoms with Gasteiger partial charge in [0.15, 0.2) is 0 Å². The zero-order chi connectivity index (χ0) is 18.7. The van der Waals surface area contributed by atoms with Crippen LogP contribution in [0.5, 0.6) is 0 Å². The van der Waals surface area contributed by atoms with Crippen LogP contribution in [0.25, 0.3) is 10.8 Å². The number of aromatic nitrogens is 2. The summed E-state index contributed by atoms with van der Waals surface area (Å²) < 4.78 is 39.1. The second kappa shape index (κ2) is 6.99. The van der Waals surface area contributed by atoms with E-state index in [9.17, 15) is 22.8 Å². The van der Waals surface area contributed by atoms with Crippen molar-refractivity contribution in [1.29, 1.82) is 0 Å². The lowest BCUT2D eigenvalue weighted by atomic mass is 10.1. The maximum atomic E-state index is 12.7. The van der Waals surface area contributed by atoms with Crippen molar-refractivity contribution < 1.29 is 18.0 Å². The fourth-order valence-electron chi connectivity index (χ4n) is 2.49. The second-order valence-corrected chi connectivity index (χ2v) is 5.67. The first-order chi connectivity index (χ1) is 12.3. The van der Waals surface area contributed by atoms with Gasteiger partial charge in [-0.1, -0.05) is 30.3 Å². The van der Waals surface area contributed by atoms with Crippen molar-refractivity contribution in [3.8, 4) is 0 Å². The van der Waals surface area contributed by atoms with Gasteiger partial charge in [0.25, 0.3) is 5.56 Å². The molecule has 0 spiro atoms. The van der Waals surface area contributed by atoms with E-state index in [1.54, 1.807) is 24.3 Å². The molecule has 0 fully saturated rings. The highest BCUT2D eigenvalue weighted by molar-refractivity contribution is 5.81. The molecule has 0 aliphatic heterocycles. The molecule has 0 saturated heterocycles. The minimum atomic E-state index is -4.44. The first-order valence-electron chi connectivity index (χ1n) is 7.72. The number of carbonyl (C=O) groups excluding carboxylic acids is 1. The summed E-state index contributed by atoms with van der Waals surface area (Å²) in [6, 6.07) is 11.6. The second-order valence-electron chi connectivity index (χ2n) is 5.67. The third-order valence-electron chi connectivity index (χ3n) is 3.80. The molecule has 3 rings (SSSR count). The number of nitrogens with one attached hydrogen (secondary N) is 1. The Bertz CT molecular complexity index is 1010. The Labute approximate surface area is 146 Å². The molecule has 5 nitrogen and oxygen atoms in total. The van der Waals surface area contributed by atoms with Gasteiger partial charge in [-0.05, 0) is 23.8 Å². The van der Waals surface area contributed by atoms with Crippen molar-refractivity contribution in [2.75, 3.05) is 0 Å². The Morgan fingerprint density at radius 1 is 1.12 bits per heavy atom. The van der Waals surface area contributed by atoms with E-state index in [2.05, 4.69) is 10.4 Å². The number of hydrogen-bond acceptors (Lipinski definition) is 3. The molecule has 1 amide bonds. The van der Waals surface area contributed by atoms with Gasteiger partial charge in [-0.25, -0.2) is 4.68 Å². The van der Waals surface area contributed by atoms with E-state index in [-0.39, 0.29) is 13.1 Å². The van der Waals surface area contributed by atoms with Crippen LogP contribution in [0.3, 0.4) is 0 Å². The molecule has 0 aliphatic rings. The van der Waals surface area contributed by atoms with Crippen molar-refractivity contribution in [2.45, 2.75) is 19.3 Å². The molecule has 0 radical (unpaired) electrons. The number of nitrogens with zero attached hydrogens (tertiary/aromatic N) is 2. The van der Waals surface area contributed by atoms with Crippen LogP contribution >= 0.6 is 0 Å². The minimum absolute atomic E-state index is 0.0783. The lowest BCUT2D eigenvalue weighted by molar-refractivity contribution is -0.137. The number of rotatable bonds is 4. The largest absolute Gasteiger partial charge is 0.416 e. The molecular formula is C18H14F3N3O2. The molecule has 2 aromatic carbocycles. The number of benzene rings is 2. The van der Waals surface area contributed by atoms with E-state index < -0.39 is 23.2 Å². The minimum Gasteiger partial charge on any atom is -0.350 e. The molecular weight excluding hydrogens is 347 g/mol. The monoisotopic (exact) mass is 361 g/mol. The Balaban J connectivity index is 1.69. The maximum absolute atomic E-state index is 12.7. The van der Waals surface area contributed by atoms with Gasteiger partial charge in [-0.3, -0.25) is 9.59 Å². The maximum Gasteiger partial charge on any atom is 0.416 e. The molecule has 1 heterocycles. The summed E-state index contributed by atoms with van der Waals surface area (Å²) in [6.07, 6.45) is -2.96.